The van der Waals surface area contributed by atoms with Gasteiger partial charge in [-0.15, -0.1) is 0 Å². The summed E-state index contributed by atoms with van der Waals surface area (Å²) in [5.74, 6) is -1.22. The number of carboxylic acid groups (broad SMARTS) is 1. The van der Waals surface area contributed by atoms with Crippen LogP contribution >= 0.6 is 0 Å². The lowest BCUT2D eigenvalue weighted by atomic mass is 9.98. The SMILES string of the molecule is CCCCCCCCCCCCC(C(=O)O)[N+](CC=O)(CC=O)C[C@H](O)[C@@H](O)[C@H](O)[C@H](O)CO. The fraction of sp³-hybridized carbons (Fsp3) is 0.875. The maximum absolute atomic E-state index is 12.1. The molecular weight excluding hydrogens is 446 g/mol. The van der Waals surface area contributed by atoms with Gasteiger partial charge < -0.3 is 30.6 Å². The van der Waals surface area contributed by atoms with Crippen LogP contribution in [0.25, 0.3) is 0 Å². The van der Waals surface area contributed by atoms with Crippen LogP contribution in [0.15, 0.2) is 0 Å². The first-order valence-corrected chi connectivity index (χ1v) is 12.5. The van der Waals surface area contributed by atoms with E-state index in [2.05, 4.69) is 6.92 Å². The highest BCUT2D eigenvalue weighted by atomic mass is 16.4. The van der Waals surface area contributed by atoms with Crippen molar-refractivity contribution in [2.75, 3.05) is 26.2 Å². The van der Waals surface area contributed by atoms with Crippen LogP contribution < -0.4 is 0 Å². The molecule has 0 aromatic carbocycles. The zero-order valence-electron chi connectivity index (χ0n) is 20.5. The minimum atomic E-state index is -1.91. The highest BCUT2D eigenvalue weighted by Crippen LogP contribution is 2.23. The van der Waals surface area contributed by atoms with E-state index in [4.69, 9.17) is 5.11 Å². The largest absolute Gasteiger partial charge is 0.477 e. The zero-order valence-corrected chi connectivity index (χ0v) is 20.5. The Bertz CT molecular complexity index is 551. The number of carboxylic acids is 1. The van der Waals surface area contributed by atoms with E-state index in [9.17, 15) is 39.9 Å². The summed E-state index contributed by atoms with van der Waals surface area (Å²) in [5.41, 5.74) is 0. The molecule has 10 nitrogen and oxygen atoms in total. The average molecular weight is 493 g/mol. The number of carbonyl (C=O) groups excluding carboxylic acids is 2. The van der Waals surface area contributed by atoms with Gasteiger partial charge in [0.05, 0.1) is 6.61 Å². The molecule has 0 heterocycles. The molecule has 0 bridgehead atoms. The second kappa shape index (κ2) is 18.8. The van der Waals surface area contributed by atoms with Crippen molar-refractivity contribution in [3.05, 3.63) is 0 Å². The van der Waals surface area contributed by atoms with Gasteiger partial charge in [0, 0.05) is 6.42 Å². The van der Waals surface area contributed by atoms with Crippen molar-refractivity contribution in [2.24, 2.45) is 0 Å². The van der Waals surface area contributed by atoms with Crippen LogP contribution in [-0.2, 0) is 14.4 Å². The van der Waals surface area contributed by atoms with E-state index in [1.54, 1.807) is 0 Å². The fourth-order valence-electron chi connectivity index (χ4n) is 4.40. The first-order valence-electron chi connectivity index (χ1n) is 12.5. The summed E-state index contributed by atoms with van der Waals surface area (Å²) in [5, 5.41) is 58.9. The van der Waals surface area contributed by atoms with Gasteiger partial charge in [-0.25, -0.2) is 4.79 Å². The lowest BCUT2D eigenvalue weighted by molar-refractivity contribution is -0.931. The van der Waals surface area contributed by atoms with Gasteiger partial charge in [0.2, 0.25) is 0 Å². The van der Waals surface area contributed by atoms with E-state index in [1.807, 2.05) is 0 Å². The molecule has 0 aromatic rings. The summed E-state index contributed by atoms with van der Waals surface area (Å²) in [6.07, 6.45) is 4.49. The minimum absolute atomic E-state index is 0.179. The number of rotatable bonds is 23. The number of unbranched alkanes of at least 4 members (excludes halogenated alkanes) is 9. The van der Waals surface area contributed by atoms with Gasteiger partial charge in [-0.05, 0) is 6.42 Å². The lowest BCUT2D eigenvalue weighted by Crippen LogP contribution is -2.65. The van der Waals surface area contributed by atoms with Crippen molar-refractivity contribution in [1.29, 1.82) is 0 Å². The van der Waals surface area contributed by atoms with Gasteiger partial charge in [0.1, 0.15) is 44.1 Å². The third-order valence-corrected chi connectivity index (χ3v) is 6.53. The number of quaternary nitrogens is 1. The Morgan fingerprint density at radius 3 is 1.62 bits per heavy atom. The van der Waals surface area contributed by atoms with E-state index in [1.165, 1.54) is 32.1 Å². The number of hydrogen-bond acceptors (Lipinski definition) is 8. The molecule has 34 heavy (non-hydrogen) atoms. The first kappa shape index (κ1) is 32.6. The molecule has 5 atom stereocenters. The van der Waals surface area contributed by atoms with Crippen LogP contribution in [0, 0.1) is 0 Å². The maximum Gasteiger partial charge on any atom is 0.362 e. The number of carbonyl (C=O) groups is 3. The van der Waals surface area contributed by atoms with Gasteiger partial charge in [-0.1, -0.05) is 64.7 Å². The number of aldehydes is 2. The smallest absolute Gasteiger partial charge is 0.362 e. The predicted molar refractivity (Wildman–Crippen MR) is 126 cm³/mol. The Morgan fingerprint density at radius 2 is 1.21 bits per heavy atom. The third-order valence-electron chi connectivity index (χ3n) is 6.53. The normalized spacial score (nSPS) is 16.4. The Morgan fingerprint density at radius 1 is 0.765 bits per heavy atom. The van der Waals surface area contributed by atoms with Crippen LogP contribution in [0.2, 0.25) is 0 Å². The van der Waals surface area contributed by atoms with Crippen molar-refractivity contribution in [1.82, 2.24) is 0 Å². The molecule has 0 amide bonds. The summed E-state index contributed by atoms with van der Waals surface area (Å²) in [7, 11) is 0. The molecule has 0 spiro atoms. The molecule has 0 saturated heterocycles. The summed E-state index contributed by atoms with van der Waals surface area (Å²) in [4.78, 5) is 34.9. The molecule has 1 unspecified atom stereocenters. The predicted octanol–water partition coefficient (Wildman–Crippen LogP) is 0.401. The lowest BCUT2D eigenvalue weighted by Gasteiger charge is -2.42. The van der Waals surface area contributed by atoms with Crippen LogP contribution in [0.4, 0.5) is 0 Å². The Labute approximate surface area is 202 Å². The van der Waals surface area contributed by atoms with Gasteiger partial charge in [-0.3, -0.25) is 14.1 Å². The topological polar surface area (TPSA) is 173 Å². The number of aliphatic hydroxyl groups excluding tert-OH is 5. The zero-order chi connectivity index (χ0) is 26.0. The highest BCUT2D eigenvalue weighted by molar-refractivity contribution is 5.72. The summed E-state index contributed by atoms with van der Waals surface area (Å²) in [6, 6.07) is -1.17. The highest BCUT2D eigenvalue weighted by Gasteiger charge is 2.45. The summed E-state index contributed by atoms with van der Waals surface area (Å²) >= 11 is 0. The molecule has 0 aliphatic carbocycles. The monoisotopic (exact) mass is 492 g/mol. The third kappa shape index (κ3) is 11.8. The molecule has 0 radical (unpaired) electrons. The Kier molecular flexibility index (Phi) is 18.0. The van der Waals surface area contributed by atoms with E-state index >= 15 is 0 Å². The summed E-state index contributed by atoms with van der Waals surface area (Å²) in [6.45, 7) is 0.0639. The quantitative estimate of drug-likeness (QED) is 0.0670. The van der Waals surface area contributed by atoms with E-state index in [0.29, 0.717) is 19.0 Å². The number of nitrogens with zero attached hydrogens (tertiary/aromatic N) is 1. The Hall–Kier alpha value is -1.43. The van der Waals surface area contributed by atoms with E-state index in [-0.39, 0.29) is 19.5 Å². The molecule has 0 fully saturated rings. The van der Waals surface area contributed by atoms with Gasteiger partial charge in [0.25, 0.3) is 0 Å². The standard InChI is InChI=1S/C24H45NO9/c1-2-3-4-5-6-7-8-9-10-11-12-19(24(33)34)25(13-15-26,14-16-27)17-20(29)22(31)23(32)21(30)18-28/h15-16,19-23,28-32H,2-14,17-18H2,1H3/p+1/t19?,20-,21+,22+,23+/m0/s1. The number of aliphatic carboxylic acids is 1. The molecule has 0 aliphatic rings. The van der Waals surface area contributed by atoms with Crippen LogP contribution in [0.3, 0.4) is 0 Å². The molecule has 0 aromatic heterocycles. The van der Waals surface area contributed by atoms with Crippen molar-refractivity contribution < 1.29 is 49.5 Å². The van der Waals surface area contributed by atoms with Crippen LogP contribution in [-0.4, -0.2) is 110 Å². The van der Waals surface area contributed by atoms with Gasteiger partial charge >= 0.3 is 5.97 Å². The molecule has 200 valence electrons. The molecular formula is C24H46NO9+. The van der Waals surface area contributed by atoms with E-state index in [0.717, 1.165) is 25.7 Å². The van der Waals surface area contributed by atoms with Crippen LogP contribution in [0.1, 0.15) is 77.6 Å². The van der Waals surface area contributed by atoms with Crippen molar-refractivity contribution in [2.45, 2.75) is 108 Å². The second-order valence-electron chi connectivity index (χ2n) is 9.22. The van der Waals surface area contributed by atoms with Crippen molar-refractivity contribution in [3.63, 3.8) is 0 Å². The van der Waals surface area contributed by atoms with Crippen molar-refractivity contribution in [3.8, 4) is 0 Å². The summed E-state index contributed by atoms with van der Waals surface area (Å²) < 4.78 is -0.611. The molecule has 0 aliphatic heterocycles. The second-order valence-corrected chi connectivity index (χ2v) is 9.22. The molecule has 0 rings (SSSR count). The minimum Gasteiger partial charge on any atom is -0.477 e. The Balaban J connectivity index is 5.10. The molecule has 0 saturated carbocycles. The van der Waals surface area contributed by atoms with Crippen LogP contribution in [0.5, 0.6) is 0 Å². The van der Waals surface area contributed by atoms with E-state index < -0.39 is 54.1 Å². The maximum atomic E-state index is 12.1. The molecule has 6 N–H and O–H groups in total. The van der Waals surface area contributed by atoms with Gasteiger partial charge in [0.15, 0.2) is 18.6 Å². The average Bonchev–Trinajstić information content (AvgIpc) is 2.80. The first-order chi connectivity index (χ1) is 16.2. The van der Waals surface area contributed by atoms with Crippen molar-refractivity contribution >= 4 is 18.5 Å². The fourth-order valence-corrected chi connectivity index (χ4v) is 4.40. The number of hydrogen-bond donors (Lipinski definition) is 6. The number of aliphatic hydroxyl groups is 5. The van der Waals surface area contributed by atoms with Gasteiger partial charge in [-0.2, -0.15) is 0 Å². The molecule has 10 heteroatoms.